The van der Waals surface area contributed by atoms with E-state index in [1.807, 2.05) is 13.0 Å². The second kappa shape index (κ2) is 10.1. The Morgan fingerprint density at radius 1 is 1.24 bits per heavy atom. The van der Waals surface area contributed by atoms with Crippen LogP contribution in [-0.2, 0) is 21.4 Å². The van der Waals surface area contributed by atoms with Crippen LogP contribution in [0.5, 0.6) is 0 Å². The molecule has 1 aromatic carbocycles. The van der Waals surface area contributed by atoms with Crippen molar-refractivity contribution < 1.29 is 13.2 Å². The zero-order chi connectivity index (χ0) is 17.6. The second-order valence-electron chi connectivity index (χ2n) is 6.29. The molecule has 0 radical (unpaired) electrons. The summed E-state index contributed by atoms with van der Waals surface area (Å²) in [5.74, 6) is -0.177. The summed E-state index contributed by atoms with van der Waals surface area (Å²) in [5.41, 5.74) is 0.790. The monoisotopic (exact) mass is 389 g/mol. The first-order valence-electron chi connectivity index (χ1n) is 8.46. The van der Waals surface area contributed by atoms with Crippen molar-refractivity contribution >= 4 is 28.3 Å². The minimum Gasteiger partial charge on any atom is -0.352 e. The van der Waals surface area contributed by atoms with Gasteiger partial charge in [0.05, 0.1) is 4.90 Å². The van der Waals surface area contributed by atoms with Gasteiger partial charge >= 0.3 is 0 Å². The molecule has 1 fully saturated rings. The minimum atomic E-state index is -3.44. The lowest BCUT2D eigenvalue weighted by molar-refractivity contribution is -0.124. The number of amides is 1. The van der Waals surface area contributed by atoms with Gasteiger partial charge in [0.1, 0.15) is 0 Å². The molecular formula is C17H28ClN3O3S. The maximum Gasteiger partial charge on any atom is 0.243 e. The van der Waals surface area contributed by atoms with Crippen LogP contribution in [0.25, 0.3) is 0 Å². The van der Waals surface area contributed by atoms with E-state index in [4.69, 9.17) is 0 Å². The van der Waals surface area contributed by atoms with E-state index in [2.05, 4.69) is 10.6 Å². The smallest absolute Gasteiger partial charge is 0.243 e. The van der Waals surface area contributed by atoms with E-state index in [1.54, 1.807) is 29.6 Å². The Kier molecular flexibility index (Phi) is 8.85. The second-order valence-corrected chi connectivity index (χ2v) is 8.23. The molecule has 0 bridgehead atoms. The normalized spacial score (nSPS) is 16.7. The molecule has 0 spiro atoms. The van der Waals surface area contributed by atoms with Gasteiger partial charge < -0.3 is 10.6 Å². The molecule has 1 saturated heterocycles. The van der Waals surface area contributed by atoms with Gasteiger partial charge in [0.15, 0.2) is 0 Å². The molecule has 0 aliphatic carbocycles. The summed E-state index contributed by atoms with van der Waals surface area (Å²) in [7, 11) is -1.63. The maximum atomic E-state index is 12.7. The number of nitrogens with one attached hydrogen (secondary N) is 2. The van der Waals surface area contributed by atoms with E-state index in [0.29, 0.717) is 31.1 Å². The van der Waals surface area contributed by atoms with E-state index in [9.17, 15) is 13.2 Å². The van der Waals surface area contributed by atoms with Crippen LogP contribution >= 0.6 is 12.4 Å². The summed E-state index contributed by atoms with van der Waals surface area (Å²) in [6, 6.07) is 6.85. The number of hydrogen-bond acceptors (Lipinski definition) is 4. The van der Waals surface area contributed by atoms with Crippen molar-refractivity contribution in [3.05, 3.63) is 29.8 Å². The molecule has 1 atom stereocenters. The topological polar surface area (TPSA) is 78.5 Å². The Bertz CT molecular complexity index is 661. The maximum absolute atomic E-state index is 12.7. The fraction of sp³-hybridized carbons (Fsp3) is 0.588. The van der Waals surface area contributed by atoms with Crippen LogP contribution in [0.1, 0.15) is 31.7 Å². The molecule has 1 amide bonds. The number of piperidine rings is 1. The predicted octanol–water partition coefficient (Wildman–Crippen LogP) is 1.75. The third kappa shape index (κ3) is 5.95. The molecule has 8 heteroatoms. The fourth-order valence-corrected chi connectivity index (χ4v) is 4.42. The number of nitrogens with zero attached hydrogens (tertiary/aromatic N) is 1. The highest BCUT2D eigenvalue weighted by Crippen LogP contribution is 2.21. The van der Waals surface area contributed by atoms with Gasteiger partial charge in [0, 0.05) is 32.1 Å². The summed E-state index contributed by atoms with van der Waals surface area (Å²) in [5, 5.41) is 5.82. The summed E-state index contributed by atoms with van der Waals surface area (Å²) in [6.07, 6.45) is 2.92. The lowest BCUT2D eigenvalue weighted by atomic mass is 10.1. The van der Waals surface area contributed by atoms with Gasteiger partial charge in [-0.2, -0.15) is 4.31 Å². The number of halogens is 1. The molecule has 6 nitrogen and oxygen atoms in total. The van der Waals surface area contributed by atoms with Crippen molar-refractivity contribution in [1.82, 2.24) is 14.9 Å². The van der Waals surface area contributed by atoms with Crippen molar-refractivity contribution in [2.75, 3.05) is 26.7 Å². The summed E-state index contributed by atoms with van der Waals surface area (Å²) < 4.78 is 27.0. The summed E-state index contributed by atoms with van der Waals surface area (Å²) >= 11 is 0. The third-order valence-corrected chi connectivity index (χ3v) is 6.17. The Balaban J connectivity index is 0.00000312. The predicted molar refractivity (Wildman–Crippen MR) is 101 cm³/mol. The van der Waals surface area contributed by atoms with Crippen molar-refractivity contribution in [2.24, 2.45) is 5.92 Å². The zero-order valence-electron chi connectivity index (χ0n) is 14.8. The highest BCUT2D eigenvalue weighted by atomic mass is 35.5. The van der Waals surface area contributed by atoms with Crippen molar-refractivity contribution in [2.45, 2.75) is 37.6 Å². The largest absolute Gasteiger partial charge is 0.352 e. The molecule has 2 N–H and O–H groups in total. The van der Waals surface area contributed by atoms with Gasteiger partial charge in [0.25, 0.3) is 0 Å². The van der Waals surface area contributed by atoms with Crippen molar-refractivity contribution in [1.29, 1.82) is 0 Å². The molecule has 1 aliphatic rings. The number of benzene rings is 1. The first-order valence-corrected chi connectivity index (χ1v) is 9.90. The third-order valence-electron chi connectivity index (χ3n) is 4.28. The van der Waals surface area contributed by atoms with Crippen LogP contribution < -0.4 is 10.6 Å². The Labute approximate surface area is 156 Å². The number of carbonyl (C=O) groups is 1. The standard InChI is InChI=1S/C17H27N3O3S.ClH/c1-14(12-18-2)17(21)19-13-15-7-6-8-16(11-15)24(22,23)20-9-4-3-5-10-20;/h6-8,11,14,18H,3-5,9-10,12-13H2,1-2H3,(H,19,21);1H. The molecule has 1 aliphatic heterocycles. The van der Waals surface area contributed by atoms with Gasteiger partial charge in [-0.05, 0) is 37.6 Å². The van der Waals surface area contributed by atoms with E-state index in [-0.39, 0.29) is 24.2 Å². The van der Waals surface area contributed by atoms with Gasteiger partial charge in [-0.15, -0.1) is 12.4 Å². The van der Waals surface area contributed by atoms with Gasteiger partial charge in [-0.1, -0.05) is 25.5 Å². The molecule has 0 aromatic heterocycles. The van der Waals surface area contributed by atoms with E-state index in [0.717, 1.165) is 24.8 Å². The fourth-order valence-electron chi connectivity index (χ4n) is 2.83. The molecule has 25 heavy (non-hydrogen) atoms. The van der Waals surface area contributed by atoms with Crippen LogP contribution in [0, 0.1) is 5.92 Å². The first-order chi connectivity index (χ1) is 11.4. The molecule has 1 aromatic rings. The lowest BCUT2D eigenvalue weighted by Gasteiger charge is -2.26. The lowest BCUT2D eigenvalue weighted by Crippen LogP contribution is -2.36. The number of rotatable bonds is 7. The molecule has 2 rings (SSSR count). The van der Waals surface area contributed by atoms with Gasteiger partial charge in [-0.25, -0.2) is 8.42 Å². The first kappa shape index (κ1) is 21.9. The van der Waals surface area contributed by atoms with Crippen molar-refractivity contribution in [3.63, 3.8) is 0 Å². The van der Waals surface area contributed by atoms with E-state index < -0.39 is 10.0 Å². The highest BCUT2D eigenvalue weighted by molar-refractivity contribution is 7.89. The average Bonchev–Trinajstić information content (AvgIpc) is 2.61. The van der Waals surface area contributed by atoms with Crippen molar-refractivity contribution in [3.8, 4) is 0 Å². The number of carbonyl (C=O) groups excluding carboxylic acids is 1. The molecule has 0 saturated carbocycles. The highest BCUT2D eigenvalue weighted by Gasteiger charge is 2.25. The Morgan fingerprint density at radius 2 is 1.92 bits per heavy atom. The number of sulfonamides is 1. The SMILES string of the molecule is CNCC(C)C(=O)NCc1cccc(S(=O)(=O)N2CCCCC2)c1.Cl. The summed E-state index contributed by atoms with van der Waals surface area (Å²) in [6.45, 7) is 3.96. The van der Waals surface area contributed by atoms with E-state index in [1.165, 1.54) is 0 Å². The van der Waals surface area contributed by atoms with Gasteiger partial charge in [-0.3, -0.25) is 4.79 Å². The molecular weight excluding hydrogens is 362 g/mol. The Hall–Kier alpha value is -1.15. The van der Waals surface area contributed by atoms with Crippen LogP contribution in [0.15, 0.2) is 29.2 Å². The molecule has 142 valence electrons. The average molecular weight is 390 g/mol. The Morgan fingerprint density at radius 3 is 2.56 bits per heavy atom. The van der Waals surface area contributed by atoms with Gasteiger partial charge in [0.2, 0.25) is 15.9 Å². The summed E-state index contributed by atoms with van der Waals surface area (Å²) in [4.78, 5) is 12.3. The molecule has 1 unspecified atom stereocenters. The number of hydrogen-bond donors (Lipinski definition) is 2. The quantitative estimate of drug-likeness (QED) is 0.744. The van der Waals surface area contributed by atoms with E-state index >= 15 is 0 Å². The minimum absolute atomic E-state index is 0. The van der Waals surface area contributed by atoms with Crippen LogP contribution in [0.2, 0.25) is 0 Å². The zero-order valence-corrected chi connectivity index (χ0v) is 16.5. The van der Waals surface area contributed by atoms with Crippen LogP contribution in [0.4, 0.5) is 0 Å². The molecule has 1 heterocycles. The van der Waals surface area contributed by atoms with Crippen LogP contribution in [0.3, 0.4) is 0 Å². The van der Waals surface area contributed by atoms with Crippen LogP contribution in [-0.4, -0.2) is 45.3 Å².